The van der Waals surface area contributed by atoms with Crippen LogP contribution in [0.4, 0.5) is 0 Å². The molecule has 1 aliphatic carbocycles. The molecule has 0 aliphatic heterocycles. The number of nitrogens with zero attached hydrogens (tertiary/aromatic N) is 1. The third kappa shape index (κ3) is 1.76. The zero-order valence-electron chi connectivity index (χ0n) is 8.16. The minimum absolute atomic E-state index is 0.564. The van der Waals surface area contributed by atoms with Crippen LogP contribution in [0, 0.1) is 5.92 Å². The zero-order chi connectivity index (χ0) is 9.42. The summed E-state index contributed by atoms with van der Waals surface area (Å²) in [7, 11) is 0. The van der Waals surface area contributed by atoms with Crippen LogP contribution in [0.1, 0.15) is 42.8 Å². The molecule has 1 aromatic heterocycles. The van der Waals surface area contributed by atoms with Crippen molar-refractivity contribution in [1.82, 2.24) is 4.98 Å². The predicted octanol–water partition coefficient (Wildman–Crippen LogP) is 2.33. The van der Waals surface area contributed by atoms with E-state index < -0.39 is 0 Å². The van der Waals surface area contributed by atoms with Crippen LogP contribution >= 0.6 is 11.3 Å². The highest BCUT2D eigenvalue weighted by molar-refractivity contribution is 7.09. The number of thiazole rings is 1. The fourth-order valence-electron chi connectivity index (χ4n) is 1.61. The molecule has 1 aliphatic rings. The fourth-order valence-corrected chi connectivity index (χ4v) is 2.51. The Hall–Kier alpha value is -0.410. The van der Waals surface area contributed by atoms with Gasteiger partial charge in [-0.25, -0.2) is 4.98 Å². The molecule has 0 radical (unpaired) electrons. The van der Waals surface area contributed by atoms with Gasteiger partial charge < -0.3 is 5.73 Å². The van der Waals surface area contributed by atoms with E-state index in [2.05, 4.69) is 24.2 Å². The van der Waals surface area contributed by atoms with Gasteiger partial charge in [-0.05, 0) is 18.9 Å². The molecule has 0 saturated heterocycles. The molecule has 1 fully saturated rings. The molecule has 3 heteroatoms. The van der Waals surface area contributed by atoms with Crippen molar-refractivity contribution in [3.8, 4) is 0 Å². The van der Waals surface area contributed by atoms with Crippen LogP contribution in [0.5, 0.6) is 0 Å². The molecule has 1 heterocycles. The number of aromatic nitrogens is 1. The van der Waals surface area contributed by atoms with Gasteiger partial charge in [-0.1, -0.05) is 13.8 Å². The van der Waals surface area contributed by atoms with E-state index in [1.165, 1.54) is 17.1 Å². The van der Waals surface area contributed by atoms with Crippen molar-refractivity contribution in [2.24, 2.45) is 11.7 Å². The quantitative estimate of drug-likeness (QED) is 0.806. The number of nitrogens with two attached hydrogens (primary N) is 1. The van der Waals surface area contributed by atoms with E-state index in [-0.39, 0.29) is 0 Å². The first-order valence-electron chi connectivity index (χ1n) is 4.87. The summed E-state index contributed by atoms with van der Waals surface area (Å²) < 4.78 is 0. The second-order valence-electron chi connectivity index (χ2n) is 4.10. The Labute approximate surface area is 83.2 Å². The number of hydrogen-bond donors (Lipinski definition) is 1. The highest BCUT2D eigenvalue weighted by Crippen LogP contribution is 2.46. The molecule has 13 heavy (non-hydrogen) atoms. The van der Waals surface area contributed by atoms with Crippen molar-refractivity contribution in [3.63, 3.8) is 0 Å². The molecule has 0 spiro atoms. The topological polar surface area (TPSA) is 38.9 Å². The molecule has 2 N–H and O–H groups in total. The summed E-state index contributed by atoms with van der Waals surface area (Å²) in [5.41, 5.74) is 6.89. The summed E-state index contributed by atoms with van der Waals surface area (Å²) in [5, 5.41) is 3.47. The molecular weight excluding hydrogens is 180 g/mol. The summed E-state index contributed by atoms with van der Waals surface area (Å²) in [6.07, 6.45) is 1.25. The van der Waals surface area contributed by atoms with E-state index in [4.69, 9.17) is 5.73 Å². The molecule has 2 atom stereocenters. The SMILES string of the molecule is CC(C)c1nc(C2CC2CN)cs1. The Morgan fingerprint density at radius 1 is 1.69 bits per heavy atom. The van der Waals surface area contributed by atoms with Gasteiger partial charge in [0.05, 0.1) is 10.7 Å². The van der Waals surface area contributed by atoms with Crippen molar-refractivity contribution in [3.05, 3.63) is 16.1 Å². The maximum atomic E-state index is 5.60. The molecule has 72 valence electrons. The van der Waals surface area contributed by atoms with Gasteiger partial charge in [-0.3, -0.25) is 0 Å². The smallest absolute Gasteiger partial charge is 0.0953 e. The lowest BCUT2D eigenvalue weighted by molar-refractivity contribution is 0.787. The van der Waals surface area contributed by atoms with E-state index in [1.807, 2.05) is 0 Å². The monoisotopic (exact) mass is 196 g/mol. The van der Waals surface area contributed by atoms with Crippen molar-refractivity contribution >= 4 is 11.3 Å². The third-order valence-corrected chi connectivity index (χ3v) is 3.80. The van der Waals surface area contributed by atoms with Gasteiger partial charge >= 0.3 is 0 Å². The lowest BCUT2D eigenvalue weighted by atomic mass is 10.2. The number of hydrogen-bond acceptors (Lipinski definition) is 3. The first-order valence-corrected chi connectivity index (χ1v) is 5.75. The van der Waals surface area contributed by atoms with Gasteiger partial charge in [0.1, 0.15) is 0 Å². The first-order chi connectivity index (χ1) is 6.22. The standard InChI is InChI=1S/C10H16N2S/c1-6(2)10-12-9(5-13-10)8-3-7(8)4-11/h5-8H,3-4,11H2,1-2H3. The Kier molecular flexibility index (Phi) is 2.39. The summed E-state index contributed by atoms with van der Waals surface area (Å²) in [4.78, 5) is 4.63. The van der Waals surface area contributed by atoms with Crippen LogP contribution in [0.25, 0.3) is 0 Å². The van der Waals surface area contributed by atoms with E-state index in [0.29, 0.717) is 17.8 Å². The van der Waals surface area contributed by atoms with Gasteiger partial charge in [0.2, 0.25) is 0 Å². The van der Waals surface area contributed by atoms with Crippen LogP contribution in [-0.4, -0.2) is 11.5 Å². The van der Waals surface area contributed by atoms with Gasteiger partial charge in [0.15, 0.2) is 0 Å². The van der Waals surface area contributed by atoms with Crippen molar-refractivity contribution in [2.45, 2.75) is 32.1 Å². The summed E-state index contributed by atoms with van der Waals surface area (Å²) in [6, 6.07) is 0. The van der Waals surface area contributed by atoms with Crippen molar-refractivity contribution in [2.75, 3.05) is 6.54 Å². The largest absolute Gasteiger partial charge is 0.330 e. The maximum Gasteiger partial charge on any atom is 0.0953 e. The molecule has 0 bridgehead atoms. The van der Waals surface area contributed by atoms with Crippen molar-refractivity contribution < 1.29 is 0 Å². The maximum absolute atomic E-state index is 5.60. The molecule has 0 aromatic carbocycles. The van der Waals surface area contributed by atoms with Crippen LogP contribution in [0.15, 0.2) is 5.38 Å². The van der Waals surface area contributed by atoms with Crippen LogP contribution in [0.2, 0.25) is 0 Å². The molecule has 2 unspecified atom stereocenters. The van der Waals surface area contributed by atoms with Gasteiger partial charge in [0, 0.05) is 17.2 Å². The molecule has 0 amide bonds. The minimum Gasteiger partial charge on any atom is -0.330 e. The molecule has 2 nitrogen and oxygen atoms in total. The average molecular weight is 196 g/mol. The lowest BCUT2D eigenvalue weighted by Gasteiger charge is -1.96. The first kappa shape index (κ1) is 9.16. The lowest BCUT2D eigenvalue weighted by Crippen LogP contribution is -2.02. The highest BCUT2D eigenvalue weighted by atomic mass is 32.1. The van der Waals surface area contributed by atoms with Crippen molar-refractivity contribution in [1.29, 1.82) is 0 Å². The molecular formula is C10H16N2S. The second kappa shape index (κ2) is 3.39. The second-order valence-corrected chi connectivity index (χ2v) is 4.99. The molecule has 1 aromatic rings. The summed E-state index contributed by atoms with van der Waals surface area (Å²) >= 11 is 1.79. The highest BCUT2D eigenvalue weighted by Gasteiger charge is 2.38. The van der Waals surface area contributed by atoms with E-state index >= 15 is 0 Å². The van der Waals surface area contributed by atoms with Gasteiger partial charge in [-0.15, -0.1) is 11.3 Å². The Bertz CT molecular complexity index is 293. The van der Waals surface area contributed by atoms with E-state index in [0.717, 1.165) is 6.54 Å². The number of rotatable bonds is 3. The average Bonchev–Trinajstić information content (AvgIpc) is 2.73. The fraction of sp³-hybridized carbons (Fsp3) is 0.700. The third-order valence-electron chi connectivity index (χ3n) is 2.64. The Morgan fingerprint density at radius 3 is 2.92 bits per heavy atom. The molecule has 1 saturated carbocycles. The predicted molar refractivity (Wildman–Crippen MR) is 56.1 cm³/mol. The van der Waals surface area contributed by atoms with Gasteiger partial charge in [-0.2, -0.15) is 0 Å². The van der Waals surface area contributed by atoms with Crippen LogP contribution in [0.3, 0.4) is 0 Å². The Balaban J connectivity index is 2.07. The van der Waals surface area contributed by atoms with Crippen LogP contribution in [-0.2, 0) is 0 Å². The normalized spacial score (nSPS) is 26.8. The van der Waals surface area contributed by atoms with E-state index in [1.54, 1.807) is 11.3 Å². The van der Waals surface area contributed by atoms with Gasteiger partial charge in [0.25, 0.3) is 0 Å². The van der Waals surface area contributed by atoms with Crippen LogP contribution < -0.4 is 5.73 Å². The summed E-state index contributed by atoms with van der Waals surface area (Å²) in [5.74, 6) is 1.95. The Morgan fingerprint density at radius 2 is 2.46 bits per heavy atom. The zero-order valence-corrected chi connectivity index (χ0v) is 8.97. The molecule has 2 rings (SSSR count). The van der Waals surface area contributed by atoms with E-state index in [9.17, 15) is 0 Å². The summed E-state index contributed by atoms with van der Waals surface area (Å²) in [6.45, 7) is 5.20. The minimum atomic E-state index is 0.564.